The van der Waals surface area contributed by atoms with Crippen LogP contribution in [0, 0.1) is 13.8 Å². The van der Waals surface area contributed by atoms with Gasteiger partial charge in [0.05, 0.1) is 118 Å². The fourth-order valence-corrected chi connectivity index (χ4v) is 13.4. The molecule has 4 N–H and O–H groups in total. The zero-order valence-electron chi connectivity index (χ0n) is 61.5. The lowest BCUT2D eigenvalue weighted by atomic mass is 10.0. The van der Waals surface area contributed by atoms with Crippen LogP contribution in [0.3, 0.4) is 0 Å². The Kier molecular flexibility index (Phi) is 25.6. The van der Waals surface area contributed by atoms with Gasteiger partial charge in [0.25, 0.3) is 0 Å². The smallest absolute Gasteiger partial charge is 0.205 e. The van der Waals surface area contributed by atoms with E-state index in [0.717, 1.165) is 38.4 Å². The van der Waals surface area contributed by atoms with Crippen molar-refractivity contribution in [3.8, 4) is 80.5 Å². The van der Waals surface area contributed by atoms with Crippen LogP contribution in [0.5, 0.6) is 80.5 Å². The molecule has 111 heavy (non-hydrogen) atoms. The van der Waals surface area contributed by atoms with Crippen molar-refractivity contribution in [2.45, 2.75) is 21.3 Å². The molecule has 9 aromatic carbocycles. The molecule has 24 heteroatoms. The maximum atomic E-state index is 13.1. The van der Waals surface area contributed by atoms with E-state index in [1.54, 1.807) is 68.9 Å². The highest BCUT2D eigenvalue weighted by Crippen LogP contribution is 2.50. The summed E-state index contributed by atoms with van der Waals surface area (Å²) in [5.74, 6) is -0.473. The molecule has 22 nitrogen and oxygen atoms in total. The quantitative estimate of drug-likeness (QED) is 0.0278. The standard InChI is InChI=1S/C27H20O5.C22H22O7.C20H17ClO5.C17H14O5S.CH4/c1-30-25-21-11-12-32-26(21)27(31-2)24(29)23(25)22(28)10-8-16-7-9-19-14-17-5-3-4-6-18(17)15-20(19)13-16;1-12-10-17(26-3)13(11-16(12)25-2)6-7-15(23)18-19(24)22(28-5)21-14(8-9-29-21)20(18)27-4;1-11-4-5-12(14(21)10-11)6-7-15(22)16-17(23)20(25-3)19-13(8-9-26-19)18(16)24-2;1-20-15-11-5-7-22-16(11)17(21-2)14(19)13(15)12(18)4-3-10-6-8-23-9-10;/h3-15,29H,1-2H3;6-11,24H,1-5H3;4-10,23H,1-3H3;3-9,19H,1-2H3;1H4/b10-8+;2*7-6+;4-3+;. The van der Waals surface area contributed by atoms with Crippen LogP contribution in [0.25, 0.3) is 89.7 Å². The molecule has 0 atom stereocenters. The van der Waals surface area contributed by atoms with Crippen LogP contribution in [0.2, 0.25) is 5.02 Å². The molecule has 0 aliphatic heterocycles. The predicted octanol–water partition coefficient (Wildman–Crippen LogP) is 20.5. The Labute approximate surface area is 645 Å². The van der Waals surface area contributed by atoms with Crippen LogP contribution in [0.1, 0.15) is 82.2 Å². The number of rotatable bonds is 22. The summed E-state index contributed by atoms with van der Waals surface area (Å²) in [7, 11) is 14.4. The third-order valence-corrected chi connectivity index (χ3v) is 18.7. The first kappa shape index (κ1) is 80.0. The van der Waals surface area contributed by atoms with Crippen LogP contribution in [0.15, 0.2) is 193 Å². The molecule has 570 valence electrons. The zero-order valence-corrected chi connectivity index (χ0v) is 63.0. The minimum Gasteiger partial charge on any atom is -0.504 e. The van der Waals surface area contributed by atoms with Crippen molar-refractivity contribution in [2.24, 2.45) is 0 Å². The second kappa shape index (κ2) is 35.5. The zero-order chi connectivity index (χ0) is 78.6. The van der Waals surface area contributed by atoms with E-state index in [0.29, 0.717) is 71.5 Å². The minimum atomic E-state index is -0.470. The molecular formula is C87H77ClO22S. The molecule has 14 rings (SSSR count). The number of carbonyl (C=O) groups excluding carboxylic acids is 4. The van der Waals surface area contributed by atoms with E-state index in [-0.39, 0.29) is 104 Å². The van der Waals surface area contributed by atoms with E-state index in [2.05, 4.69) is 24.3 Å². The van der Waals surface area contributed by atoms with Gasteiger partial charge in [-0.25, -0.2) is 0 Å². The van der Waals surface area contributed by atoms with Gasteiger partial charge in [0.2, 0.25) is 23.0 Å². The molecular weight excluding hydrogens is 1460 g/mol. The largest absolute Gasteiger partial charge is 0.504 e. The summed E-state index contributed by atoms with van der Waals surface area (Å²) in [5, 5.41) is 53.4. The summed E-state index contributed by atoms with van der Waals surface area (Å²) < 4.78 is 74.6. The average Bonchev–Trinajstić information content (AvgIpc) is 1.75. The van der Waals surface area contributed by atoms with Crippen LogP contribution < -0.4 is 47.4 Å². The molecule has 0 unspecified atom stereocenters. The van der Waals surface area contributed by atoms with Crippen LogP contribution in [-0.2, 0) is 0 Å². The number of fused-ring (bicyclic) bond motifs is 6. The van der Waals surface area contributed by atoms with Gasteiger partial charge in [-0.3, -0.25) is 19.2 Å². The number of allylic oxidation sites excluding steroid dienone is 4. The van der Waals surface area contributed by atoms with Gasteiger partial charge in [0.1, 0.15) is 56.8 Å². The minimum absolute atomic E-state index is 0. The third-order valence-electron chi connectivity index (χ3n) is 17.7. The van der Waals surface area contributed by atoms with E-state index < -0.39 is 17.3 Å². The summed E-state index contributed by atoms with van der Waals surface area (Å²) in [6.45, 7) is 3.83. The maximum absolute atomic E-state index is 13.1. The lowest BCUT2D eigenvalue weighted by Gasteiger charge is -2.13. The van der Waals surface area contributed by atoms with Crippen molar-refractivity contribution in [3.05, 3.63) is 236 Å². The molecule has 0 saturated carbocycles. The number of carbonyl (C=O) groups is 4. The van der Waals surface area contributed by atoms with Crippen molar-refractivity contribution < 1.29 is 105 Å². The Morgan fingerprint density at radius 3 is 1.11 bits per heavy atom. The number of hydrogen-bond donors (Lipinski definition) is 4. The van der Waals surface area contributed by atoms with Gasteiger partial charge < -0.3 is 85.5 Å². The first-order chi connectivity index (χ1) is 53.2. The van der Waals surface area contributed by atoms with Crippen molar-refractivity contribution in [1.82, 2.24) is 0 Å². The number of phenols is 4. The summed E-state index contributed by atoms with van der Waals surface area (Å²) in [6, 6.07) is 36.1. The Bertz CT molecular complexity index is 5940. The number of ketones is 4. The molecule has 0 aliphatic carbocycles. The summed E-state index contributed by atoms with van der Waals surface area (Å²) >= 11 is 7.73. The topological polar surface area (TPSA) is 294 Å². The summed E-state index contributed by atoms with van der Waals surface area (Å²) in [6.07, 6.45) is 17.8. The SMILES string of the molecule is C.COc1c(C(=O)/C=C/c2ccc(C)cc2Cl)c(O)c(OC)c2occc12.COc1c(C(=O)/C=C/c2ccc3cc4ccccc4cc3c2)c(O)c(OC)c2occc12.COc1c(C(=O)/C=C/c2ccsc2)c(O)c(OC)c2occc12.COc1cc(/C=C/C(=O)c2c(O)c(OC)c3occc3c2OC)c(OC)cc1C. The fraction of sp³-hybridized carbons (Fsp3) is 0.149. The number of ether oxygens (including phenoxy) is 10. The maximum Gasteiger partial charge on any atom is 0.205 e. The van der Waals surface area contributed by atoms with Crippen LogP contribution >= 0.6 is 22.9 Å². The highest BCUT2D eigenvalue weighted by molar-refractivity contribution is 7.08. The highest BCUT2D eigenvalue weighted by Gasteiger charge is 2.31. The second-order valence-electron chi connectivity index (χ2n) is 24.1. The second-order valence-corrected chi connectivity index (χ2v) is 25.2. The molecule has 5 heterocycles. The number of hydrogen-bond acceptors (Lipinski definition) is 23. The fourth-order valence-electron chi connectivity index (χ4n) is 12.4. The van der Waals surface area contributed by atoms with Crippen molar-refractivity contribution in [1.29, 1.82) is 0 Å². The van der Waals surface area contributed by atoms with E-state index in [9.17, 15) is 39.6 Å². The molecule has 0 fully saturated rings. The lowest BCUT2D eigenvalue weighted by Crippen LogP contribution is -2.02. The van der Waals surface area contributed by atoms with Gasteiger partial charge in [-0.1, -0.05) is 79.7 Å². The number of aryl methyl sites for hydroxylation is 2. The number of thiophene rings is 1. The van der Waals surface area contributed by atoms with Crippen LogP contribution in [0.4, 0.5) is 0 Å². The van der Waals surface area contributed by atoms with Crippen molar-refractivity contribution in [3.63, 3.8) is 0 Å². The summed E-state index contributed by atoms with van der Waals surface area (Å²) in [5.41, 5.74) is 6.37. The molecule has 0 spiro atoms. The Morgan fingerprint density at radius 2 is 0.739 bits per heavy atom. The first-order valence-electron chi connectivity index (χ1n) is 33.4. The van der Waals surface area contributed by atoms with Crippen LogP contribution in [-0.4, -0.2) is 115 Å². The molecule has 0 bridgehead atoms. The summed E-state index contributed by atoms with van der Waals surface area (Å²) in [4.78, 5) is 51.4. The molecule has 0 amide bonds. The Balaban J connectivity index is 0.000000158. The van der Waals surface area contributed by atoms with Crippen molar-refractivity contribution in [2.75, 3.05) is 71.1 Å². The van der Waals surface area contributed by atoms with Gasteiger partial charge in [0.15, 0.2) is 68.5 Å². The van der Waals surface area contributed by atoms with E-state index in [4.69, 9.17) is 76.6 Å². The Morgan fingerprint density at radius 1 is 0.369 bits per heavy atom. The monoisotopic (exact) mass is 1540 g/mol. The number of phenolic OH excluding ortho intramolecular Hbond substituents is 4. The molecule has 0 aliphatic rings. The normalized spacial score (nSPS) is 11.2. The lowest BCUT2D eigenvalue weighted by molar-refractivity contribution is 0.103. The van der Waals surface area contributed by atoms with Gasteiger partial charge in [0, 0.05) is 10.6 Å². The molecule has 14 aromatic rings. The highest BCUT2D eigenvalue weighted by atomic mass is 35.5. The first-order valence-corrected chi connectivity index (χ1v) is 34.7. The number of furan rings is 4. The van der Waals surface area contributed by atoms with Crippen molar-refractivity contribution >= 4 is 136 Å². The number of methoxy groups -OCH3 is 10. The third kappa shape index (κ3) is 16.2. The van der Waals surface area contributed by atoms with E-state index in [1.165, 1.54) is 123 Å². The number of benzene rings is 9. The predicted molar refractivity (Wildman–Crippen MR) is 430 cm³/mol. The Hall–Kier alpha value is -13.5. The average molecular weight is 1540 g/mol. The van der Waals surface area contributed by atoms with Gasteiger partial charge in [-0.2, -0.15) is 11.3 Å². The molecule has 0 saturated heterocycles. The van der Waals surface area contributed by atoms with Gasteiger partial charge in [-0.05, 0) is 177 Å². The molecule has 0 radical (unpaired) electrons. The van der Waals surface area contributed by atoms with Gasteiger partial charge in [-0.15, -0.1) is 0 Å². The molecule has 5 aromatic heterocycles. The van der Waals surface area contributed by atoms with E-state index in [1.807, 2.05) is 85.3 Å². The van der Waals surface area contributed by atoms with Gasteiger partial charge >= 0.3 is 0 Å². The number of aromatic hydroxyl groups is 4. The number of halogens is 1. The van der Waals surface area contributed by atoms with E-state index >= 15 is 0 Å².